The van der Waals surface area contributed by atoms with E-state index in [0.29, 0.717) is 6.10 Å². The molecule has 0 heterocycles. The summed E-state index contributed by atoms with van der Waals surface area (Å²) in [5.41, 5.74) is 0. The van der Waals surface area contributed by atoms with Crippen LogP contribution in [0.25, 0.3) is 0 Å². The van der Waals surface area contributed by atoms with Crippen molar-refractivity contribution >= 4 is 0 Å². The molecule has 0 bridgehead atoms. The molecule has 0 saturated heterocycles. The van der Waals surface area contributed by atoms with E-state index in [1.165, 1.54) is 44.9 Å². The molecule has 78 valence electrons. The Morgan fingerprint density at radius 3 is 2.38 bits per heavy atom. The zero-order valence-electron chi connectivity index (χ0n) is 9.22. The molecule has 0 radical (unpaired) electrons. The van der Waals surface area contributed by atoms with Gasteiger partial charge in [0.2, 0.25) is 0 Å². The molecule has 0 amide bonds. The van der Waals surface area contributed by atoms with Crippen molar-refractivity contribution in [1.82, 2.24) is 0 Å². The van der Waals surface area contributed by atoms with Crippen LogP contribution in [0.2, 0.25) is 0 Å². The number of hydrogen-bond acceptors (Lipinski definition) is 1. The van der Waals surface area contributed by atoms with Crippen LogP contribution in [0.15, 0.2) is 0 Å². The van der Waals surface area contributed by atoms with Crippen LogP contribution >= 0.6 is 0 Å². The van der Waals surface area contributed by atoms with E-state index in [-0.39, 0.29) is 0 Å². The van der Waals surface area contributed by atoms with E-state index in [0.717, 1.165) is 12.5 Å². The third kappa shape index (κ3) is 4.66. The minimum atomic E-state index is 0.591. The van der Waals surface area contributed by atoms with Gasteiger partial charge in [0.15, 0.2) is 0 Å². The predicted octanol–water partition coefficient (Wildman–Crippen LogP) is 3.77. The highest BCUT2D eigenvalue weighted by atomic mass is 16.5. The van der Waals surface area contributed by atoms with Gasteiger partial charge in [-0.2, -0.15) is 0 Å². The Hall–Kier alpha value is -0.0400. The second kappa shape index (κ2) is 6.42. The van der Waals surface area contributed by atoms with Crippen LogP contribution in [-0.2, 0) is 4.74 Å². The quantitative estimate of drug-likeness (QED) is 0.591. The van der Waals surface area contributed by atoms with E-state index in [1.807, 2.05) is 0 Å². The van der Waals surface area contributed by atoms with Gasteiger partial charge in [-0.3, -0.25) is 0 Å². The maximum Gasteiger partial charge on any atom is 0.0575 e. The molecule has 1 nitrogen and oxygen atoms in total. The third-order valence-corrected chi connectivity index (χ3v) is 3.06. The summed E-state index contributed by atoms with van der Waals surface area (Å²) >= 11 is 0. The summed E-state index contributed by atoms with van der Waals surface area (Å²) in [4.78, 5) is 0. The van der Waals surface area contributed by atoms with Crippen molar-refractivity contribution in [2.24, 2.45) is 5.92 Å². The van der Waals surface area contributed by atoms with Crippen molar-refractivity contribution in [2.75, 3.05) is 6.61 Å². The van der Waals surface area contributed by atoms with Crippen LogP contribution in [-0.4, -0.2) is 12.7 Å². The Bertz CT molecular complexity index is 114. The van der Waals surface area contributed by atoms with E-state index < -0.39 is 0 Å². The van der Waals surface area contributed by atoms with Crippen LogP contribution in [0, 0.1) is 5.92 Å². The monoisotopic (exact) mass is 184 g/mol. The summed E-state index contributed by atoms with van der Waals surface area (Å²) in [6, 6.07) is 0. The van der Waals surface area contributed by atoms with Gasteiger partial charge in [0.25, 0.3) is 0 Å². The second-order valence-corrected chi connectivity index (χ2v) is 4.46. The van der Waals surface area contributed by atoms with E-state index >= 15 is 0 Å². The summed E-state index contributed by atoms with van der Waals surface area (Å²) in [5, 5.41) is 0. The van der Waals surface area contributed by atoms with Crippen molar-refractivity contribution in [3.8, 4) is 0 Å². The minimum Gasteiger partial charge on any atom is -0.378 e. The molecule has 0 spiro atoms. The SMILES string of the molecule is CCCCCOC1CCC(C)CC1. The lowest BCUT2D eigenvalue weighted by Gasteiger charge is -2.26. The minimum absolute atomic E-state index is 0.591. The molecule has 0 N–H and O–H groups in total. The summed E-state index contributed by atoms with van der Waals surface area (Å²) in [6.45, 7) is 5.59. The van der Waals surface area contributed by atoms with Gasteiger partial charge < -0.3 is 4.74 Å². The first kappa shape index (κ1) is 11.0. The standard InChI is InChI=1S/C12H24O/c1-3-4-5-10-13-12-8-6-11(2)7-9-12/h11-12H,3-10H2,1-2H3. The molecule has 0 aromatic heterocycles. The van der Waals surface area contributed by atoms with Crippen molar-refractivity contribution < 1.29 is 4.74 Å². The molecule has 1 aliphatic carbocycles. The molecule has 0 aromatic rings. The molecular formula is C12H24O. The number of hydrogen-bond donors (Lipinski definition) is 0. The van der Waals surface area contributed by atoms with Crippen molar-refractivity contribution in [1.29, 1.82) is 0 Å². The maximum atomic E-state index is 5.83. The fourth-order valence-electron chi connectivity index (χ4n) is 2.00. The van der Waals surface area contributed by atoms with E-state index in [9.17, 15) is 0 Å². The molecule has 0 aliphatic heterocycles. The summed E-state index contributed by atoms with van der Waals surface area (Å²) in [5.74, 6) is 0.940. The van der Waals surface area contributed by atoms with Gasteiger partial charge >= 0.3 is 0 Å². The highest BCUT2D eigenvalue weighted by molar-refractivity contribution is 4.69. The highest BCUT2D eigenvalue weighted by Gasteiger charge is 2.17. The lowest BCUT2D eigenvalue weighted by atomic mass is 9.89. The Morgan fingerprint density at radius 1 is 1.08 bits per heavy atom. The van der Waals surface area contributed by atoms with Crippen LogP contribution < -0.4 is 0 Å². The first-order chi connectivity index (χ1) is 6.33. The van der Waals surface area contributed by atoms with Crippen molar-refractivity contribution in [3.05, 3.63) is 0 Å². The average molecular weight is 184 g/mol. The molecule has 0 atom stereocenters. The second-order valence-electron chi connectivity index (χ2n) is 4.46. The Kier molecular flexibility index (Phi) is 5.45. The maximum absolute atomic E-state index is 5.83. The lowest BCUT2D eigenvalue weighted by molar-refractivity contribution is 0.0180. The molecule has 1 heteroatoms. The molecule has 1 rings (SSSR count). The number of ether oxygens (including phenoxy) is 1. The topological polar surface area (TPSA) is 9.23 Å². The molecule has 1 saturated carbocycles. The molecule has 13 heavy (non-hydrogen) atoms. The van der Waals surface area contributed by atoms with Gasteiger partial charge in [-0.1, -0.05) is 26.7 Å². The first-order valence-corrected chi connectivity index (χ1v) is 5.94. The summed E-state index contributed by atoms with van der Waals surface area (Å²) in [6.07, 6.45) is 9.81. The van der Waals surface area contributed by atoms with Gasteiger partial charge in [-0.25, -0.2) is 0 Å². The van der Waals surface area contributed by atoms with Gasteiger partial charge in [-0.05, 0) is 38.0 Å². The Labute approximate surface area is 82.9 Å². The zero-order valence-corrected chi connectivity index (χ0v) is 9.22. The Balaban J connectivity index is 1.96. The van der Waals surface area contributed by atoms with Gasteiger partial charge in [0, 0.05) is 6.61 Å². The molecule has 1 fully saturated rings. The van der Waals surface area contributed by atoms with Gasteiger partial charge in [0.1, 0.15) is 0 Å². The van der Waals surface area contributed by atoms with Crippen LogP contribution in [0.5, 0.6) is 0 Å². The van der Waals surface area contributed by atoms with Crippen LogP contribution in [0.4, 0.5) is 0 Å². The summed E-state index contributed by atoms with van der Waals surface area (Å²) < 4.78 is 5.83. The van der Waals surface area contributed by atoms with Gasteiger partial charge in [0.05, 0.1) is 6.10 Å². The normalized spacial score (nSPS) is 29.1. The number of rotatable bonds is 5. The highest BCUT2D eigenvalue weighted by Crippen LogP contribution is 2.25. The molecule has 0 aromatic carbocycles. The fraction of sp³-hybridized carbons (Fsp3) is 1.00. The zero-order chi connectivity index (χ0) is 9.52. The van der Waals surface area contributed by atoms with E-state index in [2.05, 4.69) is 13.8 Å². The predicted molar refractivity (Wildman–Crippen MR) is 56.9 cm³/mol. The average Bonchev–Trinajstić information content (AvgIpc) is 2.15. The van der Waals surface area contributed by atoms with Crippen LogP contribution in [0.1, 0.15) is 58.8 Å². The van der Waals surface area contributed by atoms with Crippen molar-refractivity contribution in [2.45, 2.75) is 64.9 Å². The van der Waals surface area contributed by atoms with Crippen molar-refractivity contribution in [3.63, 3.8) is 0 Å². The molecule has 1 aliphatic rings. The molecule has 0 unspecified atom stereocenters. The van der Waals surface area contributed by atoms with E-state index in [4.69, 9.17) is 4.74 Å². The lowest BCUT2D eigenvalue weighted by Crippen LogP contribution is -2.20. The Morgan fingerprint density at radius 2 is 1.77 bits per heavy atom. The first-order valence-electron chi connectivity index (χ1n) is 5.94. The van der Waals surface area contributed by atoms with Gasteiger partial charge in [-0.15, -0.1) is 0 Å². The smallest absolute Gasteiger partial charge is 0.0575 e. The molecular weight excluding hydrogens is 160 g/mol. The third-order valence-electron chi connectivity index (χ3n) is 3.06. The van der Waals surface area contributed by atoms with Crippen LogP contribution in [0.3, 0.4) is 0 Å². The number of unbranched alkanes of at least 4 members (excludes halogenated alkanes) is 2. The summed E-state index contributed by atoms with van der Waals surface area (Å²) in [7, 11) is 0. The fourth-order valence-corrected chi connectivity index (χ4v) is 2.00. The van der Waals surface area contributed by atoms with E-state index in [1.54, 1.807) is 0 Å². The largest absolute Gasteiger partial charge is 0.378 e.